The number of urea groups is 2. The number of carbonyl (C=O) groups is 2. The molecule has 344 valence electrons. The third-order valence-corrected chi connectivity index (χ3v) is 15.4. The molecule has 64 heavy (non-hydrogen) atoms. The highest BCUT2D eigenvalue weighted by Crippen LogP contribution is 2.40. The Labute approximate surface area is 370 Å². The topological polar surface area (TPSA) is 247 Å². The molecule has 2 unspecified atom stereocenters. The number of rotatable bonds is 10. The number of aryl methyl sites for hydroxylation is 4. The molecule has 4 heterocycles. The summed E-state index contributed by atoms with van der Waals surface area (Å²) in [6, 6.07) is 2.84. The molecule has 4 aliphatic carbocycles. The van der Waals surface area contributed by atoms with Crippen LogP contribution in [0.4, 0.5) is 29.7 Å². The molecule has 2 aliphatic heterocycles. The molecule has 10 rings (SSSR count). The van der Waals surface area contributed by atoms with E-state index in [-0.39, 0.29) is 59.9 Å². The molecule has 18 nitrogen and oxygen atoms in total. The van der Waals surface area contributed by atoms with Gasteiger partial charge in [0.15, 0.2) is 19.8 Å². The molecule has 0 radical (unpaired) electrons. The molecular formula is C42H54F2N12O6S2. The van der Waals surface area contributed by atoms with Crippen LogP contribution >= 0.6 is 0 Å². The molecule has 4 amide bonds. The summed E-state index contributed by atoms with van der Waals surface area (Å²) in [6.07, 6.45) is 14.6. The Balaban J connectivity index is 0.000000162. The maximum atomic E-state index is 13.2. The first-order valence-corrected chi connectivity index (χ1v) is 25.1. The lowest BCUT2D eigenvalue weighted by Gasteiger charge is -2.25. The van der Waals surface area contributed by atoms with Crippen molar-refractivity contribution in [2.24, 2.45) is 19.0 Å². The minimum absolute atomic E-state index is 0.0834. The SMILES string of the molecule is NS(=O)(=NC(=O)Nc1c2c(cc3c1CCC3)CCC2)c1cnn2c1OC[C@@H](NCCF)C2.NS(=O)(=NC(=O)Nc1c2c(cc3c1CCC3)CCC2)c1cnn2c1OC[C@@H](NCCF)C2. The van der Waals surface area contributed by atoms with Crippen LogP contribution in [-0.2, 0) is 84.3 Å². The van der Waals surface area contributed by atoms with Crippen LogP contribution in [0, 0.1) is 0 Å². The number of ether oxygens (including phenoxy) is 2. The monoisotopic (exact) mass is 924 g/mol. The fourth-order valence-corrected chi connectivity index (χ4v) is 11.9. The maximum Gasteiger partial charge on any atom is 0.354 e. The standard InChI is InChI=1S/2C21H27FN6O3S/c2*22-7-8-24-15-11-28-20(31-12-15)18(10-25-28)32(23,30)27-21(29)26-19-16-5-1-3-13(16)9-14-4-2-6-17(14)19/h2*9-10,15,24H,1-8,11-12H2,(H3,23,26,27,29,30)/t2*15-,32?/m00/s1. The summed E-state index contributed by atoms with van der Waals surface area (Å²) in [6.45, 7) is 0.809. The van der Waals surface area contributed by atoms with Gasteiger partial charge in [0, 0.05) is 24.5 Å². The minimum Gasteiger partial charge on any atom is -0.475 e. The largest absolute Gasteiger partial charge is 0.475 e. The molecule has 2 aromatic heterocycles. The number of hydrogen-bond acceptors (Lipinski definition) is 10. The number of alkyl halides is 2. The van der Waals surface area contributed by atoms with Gasteiger partial charge < -0.3 is 30.7 Å². The van der Waals surface area contributed by atoms with Gasteiger partial charge in [-0.15, -0.1) is 8.73 Å². The summed E-state index contributed by atoms with van der Waals surface area (Å²) in [4.78, 5) is 25.8. The maximum absolute atomic E-state index is 13.2. The number of anilines is 2. The summed E-state index contributed by atoms with van der Waals surface area (Å²) in [7, 11) is -7.13. The van der Waals surface area contributed by atoms with E-state index in [1.807, 2.05) is 0 Å². The number of nitrogens with one attached hydrogen (secondary N) is 4. The summed E-state index contributed by atoms with van der Waals surface area (Å²) < 4.78 is 73.2. The minimum atomic E-state index is -3.57. The van der Waals surface area contributed by atoms with E-state index in [0.29, 0.717) is 13.1 Å². The van der Waals surface area contributed by atoms with Gasteiger partial charge in [0.05, 0.1) is 37.6 Å². The van der Waals surface area contributed by atoms with E-state index in [1.54, 1.807) is 0 Å². The van der Waals surface area contributed by atoms with E-state index in [1.165, 1.54) is 44.0 Å². The number of fused-ring (bicyclic) bond motifs is 6. The average Bonchev–Trinajstić information content (AvgIpc) is 4.13. The van der Waals surface area contributed by atoms with Gasteiger partial charge in [-0.3, -0.25) is 0 Å². The number of aromatic nitrogens is 4. The van der Waals surface area contributed by atoms with Gasteiger partial charge in [-0.1, -0.05) is 12.1 Å². The third kappa shape index (κ3) is 8.99. The first-order chi connectivity index (χ1) is 30.9. The smallest absolute Gasteiger partial charge is 0.354 e. The van der Waals surface area contributed by atoms with Gasteiger partial charge in [-0.25, -0.2) is 46.4 Å². The van der Waals surface area contributed by atoms with E-state index in [0.717, 1.165) is 111 Å². The van der Waals surface area contributed by atoms with Crippen LogP contribution in [0.2, 0.25) is 0 Å². The van der Waals surface area contributed by atoms with Crippen molar-refractivity contribution in [1.29, 1.82) is 0 Å². The van der Waals surface area contributed by atoms with E-state index in [4.69, 9.17) is 19.8 Å². The molecule has 0 saturated carbocycles. The molecule has 4 atom stereocenters. The molecule has 8 N–H and O–H groups in total. The van der Waals surface area contributed by atoms with Crippen molar-refractivity contribution in [3.05, 3.63) is 69.0 Å². The van der Waals surface area contributed by atoms with Gasteiger partial charge in [0.2, 0.25) is 11.8 Å². The van der Waals surface area contributed by atoms with Crippen LogP contribution in [-0.4, -0.2) is 91.8 Å². The summed E-state index contributed by atoms with van der Waals surface area (Å²) >= 11 is 0. The fourth-order valence-electron chi connectivity index (χ4n) is 9.85. The number of carbonyl (C=O) groups excluding carboxylic acids is 2. The van der Waals surface area contributed by atoms with Crippen molar-refractivity contribution < 1.29 is 36.3 Å². The molecule has 0 spiro atoms. The zero-order chi connectivity index (χ0) is 44.6. The van der Waals surface area contributed by atoms with Crippen molar-refractivity contribution in [1.82, 2.24) is 30.2 Å². The average molecular weight is 925 g/mol. The Morgan fingerprint density at radius 3 is 1.34 bits per heavy atom. The number of halogens is 2. The second-order valence-electron chi connectivity index (χ2n) is 16.9. The van der Waals surface area contributed by atoms with Crippen molar-refractivity contribution in [3.63, 3.8) is 0 Å². The fraction of sp³-hybridized carbons (Fsp3) is 0.524. The van der Waals surface area contributed by atoms with Crippen molar-refractivity contribution in [2.45, 2.75) is 112 Å². The lowest BCUT2D eigenvalue weighted by atomic mass is 9.99. The third-order valence-electron chi connectivity index (χ3n) is 12.7. The summed E-state index contributed by atoms with van der Waals surface area (Å²) in [5.74, 6) is 0.461. The predicted octanol–water partition coefficient (Wildman–Crippen LogP) is 4.23. The molecule has 0 saturated heterocycles. The number of amides is 4. The summed E-state index contributed by atoms with van der Waals surface area (Å²) in [5.41, 5.74) is 11.4. The van der Waals surface area contributed by atoms with Gasteiger partial charge in [-0.05, 0) is 122 Å². The van der Waals surface area contributed by atoms with Gasteiger partial charge in [-0.2, -0.15) is 10.2 Å². The predicted molar refractivity (Wildman–Crippen MR) is 236 cm³/mol. The molecule has 22 heteroatoms. The molecular weight excluding hydrogens is 871 g/mol. The van der Waals surface area contributed by atoms with Gasteiger partial charge in [0.25, 0.3) is 0 Å². The van der Waals surface area contributed by atoms with E-state index in [2.05, 4.69) is 52.3 Å². The summed E-state index contributed by atoms with van der Waals surface area (Å²) in [5, 5.41) is 32.2. The Morgan fingerprint density at radius 2 is 1.00 bits per heavy atom. The number of nitrogens with two attached hydrogens (primary N) is 2. The second-order valence-corrected chi connectivity index (χ2v) is 20.5. The normalized spacial score (nSPS) is 20.6. The number of benzene rings is 2. The van der Waals surface area contributed by atoms with Crippen molar-refractivity contribution in [2.75, 3.05) is 50.3 Å². The van der Waals surface area contributed by atoms with Crippen LogP contribution in [0.5, 0.6) is 11.8 Å². The van der Waals surface area contributed by atoms with Gasteiger partial charge >= 0.3 is 12.1 Å². The van der Waals surface area contributed by atoms with E-state index < -0.39 is 45.2 Å². The molecule has 6 aliphatic rings. The Kier molecular flexibility index (Phi) is 12.8. The van der Waals surface area contributed by atoms with Crippen LogP contribution in [0.3, 0.4) is 0 Å². The lowest BCUT2D eigenvalue weighted by molar-refractivity contribution is 0.177. The highest BCUT2D eigenvalue weighted by Gasteiger charge is 2.31. The first kappa shape index (κ1) is 44.2. The zero-order valence-corrected chi connectivity index (χ0v) is 37.1. The van der Waals surface area contributed by atoms with Crippen LogP contribution in [0.25, 0.3) is 0 Å². The molecule has 0 fully saturated rings. The highest BCUT2D eigenvalue weighted by atomic mass is 32.2. The Hall–Kier alpha value is -5.00. The van der Waals surface area contributed by atoms with Crippen molar-refractivity contribution in [3.8, 4) is 11.8 Å². The Bertz CT molecular complexity index is 2490. The molecule has 0 bridgehead atoms. The van der Waals surface area contributed by atoms with Crippen LogP contribution < -0.4 is 41.0 Å². The second kappa shape index (κ2) is 18.5. The highest BCUT2D eigenvalue weighted by molar-refractivity contribution is 7.92. The zero-order valence-electron chi connectivity index (χ0n) is 35.5. The molecule has 2 aromatic carbocycles. The van der Waals surface area contributed by atoms with E-state index in [9.17, 15) is 26.8 Å². The van der Waals surface area contributed by atoms with Gasteiger partial charge in [0.1, 0.15) is 36.4 Å². The number of hydrogen-bond donors (Lipinski definition) is 6. The van der Waals surface area contributed by atoms with E-state index >= 15 is 0 Å². The quantitative estimate of drug-likeness (QED) is 0.132. The molecule has 4 aromatic rings. The Morgan fingerprint density at radius 1 is 0.641 bits per heavy atom. The number of nitrogens with zero attached hydrogens (tertiary/aromatic N) is 6. The van der Waals surface area contributed by atoms with Crippen LogP contribution in [0.1, 0.15) is 70.2 Å². The van der Waals surface area contributed by atoms with Crippen LogP contribution in [0.15, 0.2) is 43.0 Å². The first-order valence-electron chi connectivity index (χ1n) is 21.9. The lowest BCUT2D eigenvalue weighted by Crippen LogP contribution is -2.42. The van der Waals surface area contributed by atoms with Crippen molar-refractivity contribution >= 4 is 43.3 Å².